The second-order valence-corrected chi connectivity index (χ2v) is 27.8. The molecule has 14 nitrogen and oxygen atoms in total. The molecule has 2 aromatic carbocycles. The van der Waals surface area contributed by atoms with Crippen LogP contribution in [0.25, 0.3) is 0 Å². The zero-order chi connectivity index (χ0) is 64.6. The quantitative estimate of drug-likeness (QED) is 0.0198. The van der Waals surface area contributed by atoms with Gasteiger partial charge in [0.15, 0.2) is 0 Å². The maximum Gasteiger partial charge on any atom is 2.00 e. The van der Waals surface area contributed by atoms with E-state index in [1.807, 2.05) is 0 Å². The van der Waals surface area contributed by atoms with E-state index in [4.69, 9.17) is 18.9 Å². The third-order valence-electron chi connectivity index (χ3n) is 16.7. The van der Waals surface area contributed by atoms with Crippen LogP contribution in [0.4, 0.5) is 0 Å². The van der Waals surface area contributed by atoms with Crippen molar-refractivity contribution in [1.82, 2.24) is 0 Å². The van der Waals surface area contributed by atoms with E-state index in [1.54, 1.807) is 24.3 Å². The Hall–Kier alpha value is -2.60. The number of carbonyl (C=O) groups is 4. The van der Waals surface area contributed by atoms with Crippen LogP contribution in [0.15, 0.2) is 48.5 Å². The molecule has 0 spiro atoms. The van der Waals surface area contributed by atoms with Gasteiger partial charge in [0.2, 0.25) is 0 Å². The molecule has 2 rings (SSSR count). The van der Waals surface area contributed by atoms with Crippen LogP contribution in [0, 0.1) is 0 Å². The van der Waals surface area contributed by atoms with Gasteiger partial charge in [0.25, 0.3) is 0 Å². The molecule has 0 heterocycles. The number of benzene rings is 2. The number of hydrogen-bond acceptors (Lipinski definition) is 14. The molecular formula is C72H122CaO14S2. The van der Waals surface area contributed by atoms with Crippen LogP contribution in [0.1, 0.15) is 364 Å². The minimum Gasteiger partial charge on any atom is -0.748 e. The van der Waals surface area contributed by atoms with Gasteiger partial charge in [0.05, 0.1) is 46.0 Å². The van der Waals surface area contributed by atoms with Crippen molar-refractivity contribution < 1.29 is 64.1 Å². The van der Waals surface area contributed by atoms with Gasteiger partial charge in [-0.1, -0.05) is 322 Å². The molecule has 0 radical (unpaired) electrons. The Morgan fingerprint density at radius 2 is 0.472 bits per heavy atom. The molecule has 0 amide bonds. The van der Waals surface area contributed by atoms with Crippen molar-refractivity contribution in [2.75, 3.05) is 26.4 Å². The first-order valence-corrected chi connectivity index (χ1v) is 38.3. The Balaban J connectivity index is 0.00000172. The molecule has 0 fully saturated rings. The molecule has 0 aliphatic rings. The topological polar surface area (TPSA) is 220 Å². The minimum atomic E-state index is -4.58. The van der Waals surface area contributed by atoms with Crippen molar-refractivity contribution in [2.24, 2.45) is 0 Å². The third kappa shape index (κ3) is 47.9. The molecule has 0 N–H and O–H groups in total. The maximum absolute atomic E-state index is 12.6. The molecule has 0 aromatic heterocycles. The van der Waals surface area contributed by atoms with Crippen molar-refractivity contribution in [2.45, 2.75) is 334 Å². The number of unbranched alkanes of at least 4 members (excludes halogenated alkanes) is 42. The minimum absolute atomic E-state index is 0. The summed E-state index contributed by atoms with van der Waals surface area (Å²) in [6.45, 7) is 7.05. The molecule has 17 heteroatoms. The van der Waals surface area contributed by atoms with E-state index in [0.29, 0.717) is 0 Å². The molecule has 508 valence electrons. The van der Waals surface area contributed by atoms with E-state index >= 15 is 0 Å². The number of hydrogen-bond donors (Lipinski definition) is 0. The van der Waals surface area contributed by atoms with Crippen molar-refractivity contribution in [3.05, 3.63) is 70.8 Å². The van der Waals surface area contributed by atoms with E-state index < -0.39 is 67.8 Å². The summed E-state index contributed by atoms with van der Waals surface area (Å²) in [5.41, 5.74) is 0.109. The SMILES string of the molecule is CCCCCCCCCCCCCCCCCCCCCCCCOC(=O)c1ccccc1C(=O)OCC(CC)S(=O)(=O)[O-].CCCCCCCCCCCCCCCCCCCCCCCCOC(=O)c1ccccc1C(=O)OCC(CC)S(=O)(=O)[O-].[Ca+2]. The number of rotatable bonds is 58. The van der Waals surface area contributed by atoms with Gasteiger partial charge in [0, 0.05) is 0 Å². The Morgan fingerprint density at radius 3 is 0.640 bits per heavy atom. The fraction of sp³-hybridized carbons (Fsp3) is 0.778. The average Bonchev–Trinajstić information content (AvgIpc) is 3.28. The molecule has 89 heavy (non-hydrogen) atoms. The van der Waals surface area contributed by atoms with E-state index in [1.165, 1.54) is 282 Å². The Labute approximate surface area is 572 Å². The van der Waals surface area contributed by atoms with Crippen molar-refractivity contribution in [1.29, 1.82) is 0 Å². The van der Waals surface area contributed by atoms with Gasteiger partial charge in [-0.25, -0.2) is 36.0 Å². The van der Waals surface area contributed by atoms with E-state index in [2.05, 4.69) is 13.8 Å². The number of esters is 4. The van der Waals surface area contributed by atoms with Crippen LogP contribution in [0.5, 0.6) is 0 Å². The molecule has 0 saturated carbocycles. The fourth-order valence-electron chi connectivity index (χ4n) is 10.9. The summed E-state index contributed by atoms with van der Waals surface area (Å²) in [5.74, 6) is -2.96. The normalized spacial score (nSPS) is 12.1. The fourth-order valence-corrected chi connectivity index (χ4v) is 12.2. The summed E-state index contributed by atoms with van der Waals surface area (Å²) in [6, 6.07) is 12.2. The van der Waals surface area contributed by atoms with Crippen molar-refractivity contribution >= 4 is 81.9 Å². The van der Waals surface area contributed by atoms with Crippen molar-refractivity contribution in [3.8, 4) is 0 Å². The number of ether oxygens (including phenoxy) is 4. The van der Waals surface area contributed by atoms with Crippen LogP contribution in [-0.4, -0.2) is 124 Å². The van der Waals surface area contributed by atoms with Crippen LogP contribution in [-0.2, 0) is 39.2 Å². The van der Waals surface area contributed by atoms with Crippen LogP contribution < -0.4 is 0 Å². The zero-order valence-corrected chi connectivity index (χ0v) is 60.2. The van der Waals surface area contributed by atoms with E-state index in [-0.39, 0.29) is 86.0 Å². The summed E-state index contributed by atoms with van der Waals surface area (Å²) in [4.78, 5) is 50.1. The standard InChI is InChI=1S/2C36H62O7S.Ca/c2*1-3-5-6-7-8-9-10-11-12-13-14-15-16-17-18-19-20-21-22-23-24-27-30-42-35(37)33-28-25-26-29-34(33)36(38)43-31-32(4-2)44(39,40)41;/h2*25-26,28-29,32H,3-24,27,30-31H2,1-2H3,(H,39,40,41);/q;;+2/p-2. The Bertz CT molecular complexity index is 2120. The van der Waals surface area contributed by atoms with E-state index in [0.717, 1.165) is 38.5 Å². The summed E-state index contributed by atoms with van der Waals surface area (Å²) in [7, 11) is -9.15. The molecule has 2 aromatic rings. The first-order chi connectivity index (χ1) is 42.6. The third-order valence-corrected chi connectivity index (χ3v) is 19.3. The van der Waals surface area contributed by atoms with Gasteiger partial charge < -0.3 is 28.1 Å². The molecular weight excluding hydrogens is 1190 g/mol. The molecule has 0 bridgehead atoms. The van der Waals surface area contributed by atoms with Gasteiger partial charge in [-0.2, -0.15) is 0 Å². The summed E-state index contributed by atoms with van der Waals surface area (Å²) < 4.78 is 88.2. The Morgan fingerprint density at radius 1 is 0.303 bits per heavy atom. The summed E-state index contributed by atoms with van der Waals surface area (Å²) in [5, 5.41) is -2.64. The zero-order valence-electron chi connectivity index (χ0n) is 56.4. The van der Waals surface area contributed by atoms with Gasteiger partial charge in [-0.15, -0.1) is 0 Å². The molecule has 0 saturated heterocycles. The van der Waals surface area contributed by atoms with Crippen molar-refractivity contribution in [3.63, 3.8) is 0 Å². The summed E-state index contributed by atoms with van der Waals surface area (Å²) in [6.07, 6.45) is 58.0. The molecule has 0 aliphatic carbocycles. The van der Waals surface area contributed by atoms with E-state index in [9.17, 15) is 45.1 Å². The largest absolute Gasteiger partial charge is 2.00 e. The number of carbonyl (C=O) groups excluding carboxylic acids is 4. The van der Waals surface area contributed by atoms with Crippen LogP contribution in [0.2, 0.25) is 0 Å². The van der Waals surface area contributed by atoms with Gasteiger partial charge in [-0.05, 0) is 49.9 Å². The first-order valence-electron chi connectivity index (χ1n) is 35.4. The molecule has 0 aliphatic heterocycles. The predicted octanol–water partition coefficient (Wildman–Crippen LogP) is 19.5. The van der Waals surface area contributed by atoms with Gasteiger partial charge >= 0.3 is 61.6 Å². The van der Waals surface area contributed by atoms with Crippen LogP contribution in [0.3, 0.4) is 0 Å². The smallest absolute Gasteiger partial charge is 0.748 e. The van der Waals surface area contributed by atoms with Gasteiger partial charge in [-0.3, -0.25) is 0 Å². The predicted molar refractivity (Wildman–Crippen MR) is 362 cm³/mol. The second-order valence-electron chi connectivity index (χ2n) is 24.5. The molecule has 2 atom stereocenters. The average molecular weight is 1320 g/mol. The van der Waals surface area contributed by atoms with Gasteiger partial charge in [0.1, 0.15) is 33.5 Å². The molecule has 2 unspecified atom stereocenters. The maximum atomic E-state index is 12.6. The van der Waals surface area contributed by atoms with Crippen LogP contribution >= 0.6 is 0 Å². The summed E-state index contributed by atoms with van der Waals surface area (Å²) >= 11 is 0. The second kappa shape index (κ2) is 59.2. The Kier molecular flexibility index (Phi) is 57.4. The first kappa shape index (κ1) is 86.4. The monoisotopic (exact) mass is 1310 g/mol.